The third-order valence-corrected chi connectivity index (χ3v) is 11.8. The molecular weight excluding hydrogens is 757 g/mol. The molecule has 2 heterocycles. The van der Waals surface area contributed by atoms with Gasteiger partial charge in [0.15, 0.2) is 6.10 Å². The van der Waals surface area contributed by atoms with Crippen molar-refractivity contribution in [3.8, 4) is 0 Å². The molecule has 58 heavy (non-hydrogen) atoms. The first-order valence-corrected chi connectivity index (χ1v) is 24.3. The molecule has 11 nitrogen and oxygen atoms in total. The zero-order valence-electron chi connectivity index (χ0n) is 37.0. The van der Waals surface area contributed by atoms with Crippen molar-refractivity contribution < 1.29 is 46.4 Å². The third kappa shape index (κ3) is 23.4. The summed E-state index contributed by atoms with van der Waals surface area (Å²) in [5.41, 5.74) is 9.26. The molecule has 0 aromatic carbocycles. The van der Waals surface area contributed by atoms with Gasteiger partial charge in [-0.3, -0.25) is 18.6 Å². The highest BCUT2D eigenvalue weighted by molar-refractivity contribution is 7.47. The fraction of sp³-hybridized carbons (Fsp3) is 0.783. The highest BCUT2D eigenvalue weighted by Crippen LogP contribution is 2.43. The summed E-state index contributed by atoms with van der Waals surface area (Å²) < 4.78 is 45.2. The summed E-state index contributed by atoms with van der Waals surface area (Å²) in [4.78, 5) is 35.1. The normalized spacial score (nSPS) is 13.2. The molecular formula is C46H80NO10P. The van der Waals surface area contributed by atoms with E-state index in [0.29, 0.717) is 12.8 Å². The third-order valence-electron chi connectivity index (χ3n) is 10.8. The van der Waals surface area contributed by atoms with Gasteiger partial charge in [-0.2, -0.15) is 0 Å². The zero-order valence-corrected chi connectivity index (χ0v) is 37.9. The minimum Gasteiger partial charge on any atom is -0.466 e. The van der Waals surface area contributed by atoms with Crippen molar-refractivity contribution in [2.45, 2.75) is 208 Å². The molecule has 0 aliphatic rings. The molecule has 2 aromatic rings. The number of aryl methyl sites for hydroxylation is 5. The molecule has 0 fully saturated rings. The molecule has 2 aromatic heterocycles. The van der Waals surface area contributed by atoms with E-state index in [2.05, 4.69) is 40.7 Å². The Hall–Kier alpha value is -2.43. The lowest BCUT2D eigenvalue weighted by atomic mass is 10.0. The molecule has 0 spiro atoms. The van der Waals surface area contributed by atoms with Crippen molar-refractivity contribution >= 4 is 19.8 Å². The fourth-order valence-corrected chi connectivity index (χ4v) is 7.89. The summed E-state index contributed by atoms with van der Waals surface area (Å²) in [7, 11) is -4.40. The van der Waals surface area contributed by atoms with Gasteiger partial charge in [0.05, 0.1) is 13.2 Å². The van der Waals surface area contributed by atoms with Gasteiger partial charge < -0.3 is 28.9 Å². The Labute approximate surface area is 350 Å². The Morgan fingerprint density at radius 1 is 0.638 bits per heavy atom. The van der Waals surface area contributed by atoms with Gasteiger partial charge in [-0.1, -0.05) is 104 Å². The van der Waals surface area contributed by atoms with Gasteiger partial charge >= 0.3 is 19.8 Å². The second kappa shape index (κ2) is 31.4. The molecule has 0 saturated heterocycles. The molecule has 12 heteroatoms. The van der Waals surface area contributed by atoms with Gasteiger partial charge in [0.25, 0.3) is 0 Å². The Balaban J connectivity index is 1.60. The van der Waals surface area contributed by atoms with Gasteiger partial charge in [-0.05, 0) is 82.1 Å². The van der Waals surface area contributed by atoms with Crippen molar-refractivity contribution in [3.63, 3.8) is 0 Å². The van der Waals surface area contributed by atoms with E-state index in [0.717, 1.165) is 107 Å². The van der Waals surface area contributed by atoms with Crippen LogP contribution in [0.3, 0.4) is 0 Å². The lowest BCUT2D eigenvalue weighted by Gasteiger charge is -2.19. The number of rotatable bonds is 37. The lowest BCUT2D eigenvalue weighted by Crippen LogP contribution is -2.29. The van der Waals surface area contributed by atoms with Crippen molar-refractivity contribution in [1.29, 1.82) is 0 Å². The molecule has 0 radical (unpaired) electrons. The smallest absolute Gasteiger partial charge is 0.466 e. The van der Waals surface area contributed by atoms with E-state index in [1.54, 1.807) is 0 Å². The van der Waals surface area contributed by atoms with Gasteiger partial charge in [-0.25, -0.2) is 4.57 Å². The van der Waals surface area contributed by atoms with Crippen LogP contribution in [0.15, 0.2) is 14.9 Å². The second-order valence-corrected chi connectivity index (χ2v) is 17.5. The number of hydrogen-bond acceptors (Lipinski definition) is 10. The number of furan rings is 2. The Morgan fingerprint density at radius 2 is 1.12 bits per heavy atom. The largest absolute Gasteiger partial charge is 0.472 e. The number of carbonyl (C=O) groups excluding carboxylic acids is 2. The lowest BCUT2D eigenvalue weighted by molar-refractivity contribution is -0.161. The van der Waals surface area contributed by atoms with Crippen LogP contribution in [-0.4, -0.2) is 49.3 Å². The maximum Gasteiger partial charge on any atom is 0.472 e. The number of unbranched alkanes of at least 4 members (excludes halogenated alkanes) is 16. The van der Waals surface area contributed by atoms with E-state index in [4.69, 9.17) is 33.1 Å². The van der Waals surface area contributed by atoms with Crippen LogP contribution >= 0.6 is 7.82 Å². The second-order valence-electron chi connectivity index (χ2n) is 16.1. The molecule has 0 bridgehead atoms. The van der Waals surface area contributed by atoms with Gasteiger partial charge in [-0.15, -0.1) is 0 Å². The minimum atomic E-state index is -4.40. The summed E-state index contributed by atoms with van der Waals surface area (Å²) in [6.07, 6.45) is 25.0. The van der Waals surface area contributed by atoms with Crippen molar-refractivity contribution in [2.75, 3.05) is 26.4 Å². The molecule has 2 rings (SSSR count). The number of esters is 2. The van der Waals surface area contributed by atoms with Crippen LogP contribution in [0.4, 0.5) is 0 Å². The predicted molar refractivity (Wildman–Crippen MR) is 231 cm³/mol. The molecule has 334 valence electrons. The van der Waals surface area contributed by atoms with E-state index in [-0.39, 0.29) is 32.6 Å². The van der Waals surface area contributed by atoms with Crippen LogP contribution in [0, 0.1) is 20.8 Å². The molecule has 0 amide bonds. The zero-order chi connectivity index (χ0) is 42.4. The number of carbonyl (C=O) groups is 2. The highest BCUT2D eigenvalue weighted by atomic mass is 31.2. The monoisotopic (exact) mass is 838 g/mol. The SMILES string of the molecule is CCCCCc1cc(C)c(CCCCCCCCC(=O)OC[C@H](COP(=O)(O)OCCN)OC(=O)CCCCCCCCCCc2oc(CCCCC)c(C)c2C)o1. The maximum absolute atomic E-state index is 12.7. The first-order valence-electron chi connectivity index (χ1n) is 22.8. The molecule has 2 atom stereocenters. The average molecular weight is 838 g/mol. The van der Waals surface area contributed by atoms with Gasteiger partial charge in [0.1, 0.15) is 29.6 Å². The fourth-order valence-electron chi connectivity index (χ4n) is 7.12. The molecule has 0 saturated carbocycles. The van der Waals surface area contributed by atoms with Crippen molar-refractivity contribution in [3.05, 3.63) is 45.8 Å². The van der Waals surface area contributed by atoms with E-state index in [1.807, 2.05) is 0 Å². The number of nitrogens with two attached hydrogens (primary N) is 1. The molecule has 3 N–H and O–H groups in total. The summed E-state index contributed by atoms with van der Waals surface area (Å²) in [5, 5.41) is 0. The van der Waals surface area contributed by atoms with Crippen LogP contribution in [-0.2, 0) is 58.4 Å². The van der Waals surface area contributed by atoms with Crippen LogP contribution in [0.25, 0.3) is 0 Å². The van der Waals surface area contributed by atoms with Crippen LogP contribution in [0.1, 0.15) is 195 Å². The molecule has 0 aliphatic carbocycles. The van der Waals surface area contributed by atoms with Gasteiger partial charge in [0.2, 0.25) is 0 Å². The summed E-state index contributed by atoms with van der Waals surface area (Å²) in [6, 6.07) is 2.19. The Bertz CT molecular complexity index is 1440. The highest BCUT2D eigenvalue weighted by Gasteiger charge is 2.26. The van der Waals surface area contributed by atoms with Crippen LogP contribution in [0.5, 0.6) is 0 Å². The molecule has 0 aliphatic heterocycles. The minimum absolute atomic E-state index is 0.0415. The Kier molecular flexibility index (Phi) is 28.0. The van der Waals surface area contributed by atoms with Crippen LogP contribution < -0.4 is 5.73 Å². The summed E-state index contributed by atoms with van der Waals surface area (Å²) in [6.45, 7) is 10.1. The number of hydrogen-bond donors (Lipinski definition) is 2. The topological polar surface area (TPSA) is 161 Å². The predicted octanol–water partition coefficient (Wildman–Crippen LogP) is 11.8. The number of phosphoric ester groups is 1. The Morgan fingerprint density at radius 3 is 1.67 bits per heavy atom. The van der Waals surface area contributed by atoms with E-state index < -0.39 is 32.5 Å². The number of phosphoric acid groups is 1. The summed E-state index contributed by atoms with van der Waals surface area (Å²) in [5.74, 6) is 3.67. The summed E-state index contributed by atoms with van der Waals surface area (Å²) >= 11 is 0. The first-order chi connectivity index (χ1) is 28.0. The van der Waals surface area contributed by atoms with E-state index in [1.165, 1.54) is 73.8 Å². The van der Waals surface area contributed by atoms with Crippen molar-refractivity contribution in [1.82, 2.24) is 0 Å². The first kappa shape index (κ1) is 51.7. The standard InChI is InChI=1S/C46H80NO10P/c1-6-8-20-26-40-34-37(3)42(55-40)27-22-16-14-15-18-24-30-45(48)52-35-41(36-54-58(50,51)53-33-32-47)56-46(49)31-25-19-13-11-10-12-17-23-29-44-39(5)38(4)43(57-44)28-21-9-7-2/h34,41H,6-33,35-36,47H2,1-5H3,(H,50,51)/t41-/m1/s1. The molecule has 1 unspecified atom stereocenters. The van der Waals surface area contributed by atoms with E-state index in [9.17, 15) is 19.0 Å². The van der Waals surface area contributed by atoms with E-state index >= 15 is 0 Å². The maximum atomic E-state index is 12.7. The van der Waals surface area contributed by atoms with Crippen LogP contribution in [0.2, 0.25) is 0 Å². The number of ether oxygens (including phenoxy) is 2. The van der Waals surface area contributed by atoms with Crippen molar-refractivity contribution in [2.24, 2.45) is 5.73 Å². The quantitative estimate of drug-likeness (QED) is 0.0378. The average Bonchev–Trinajstić information content (AvgIpc) is 3.69. The van der Waals surface area contributed by atoms with Gasteiger partial charge in [0, 0.05) is 45.1 Å².